The van der Waals surface area contributed by atoms with Crippen molar-refractivity contribution in [2.75, 3.05) is 26.7 Å². The average molecular weight is 976 g/mol. The number of aromatic hydroxyl groups is 1. The number of rotatable bonds is 16. The number of aliphatic hydroxyl groups excluding tert-OH is 1. The molecule has 0 radical (unpaired) electrons. The lowest BCUT2D eigenvalue weighted by atomic mass is 10.00. The Morgan fingerprint density at radius 3 is 2.17 bits per heavy atom. The van der Waals surface area contributed by atoms with Gasteiger partial charge in [0.25, 0.3) is 0 Å². The van der Waals surface area contributed by atoms with Crippen LogP contribution in [0.25, 0.3) is 0 Å². The standard InChI is InChI=1S/C48H65N9O13/c1-6-27(2)41(62)52-33(18-20-38(49)60)42(63)55-40-29(4)70-48(69)28(3)51-44(65)37(26-31-14-16-32(59)17-15-31)56(5)46(67)35(25-30-11-8-7-9-12-30)54-43(64)36-13-10-23-57(36)47(68)34(53-45(40)66)19-21-39(61)50-22-24-58/h6-9,11-12,14-17,28-29,33-37,40,58-59H,10,13,18-26H2,1-5H3,(H2,49,60)(H,50,61)(H,51,65)(H,52,62)(H,53,66)(H,54,64)(H,55,63). The third-order valence-corrected chi connectivity index (χ3v) is 12.1. The monoisotopic (exact) mass is 975 g/mol. The first-order chi connectivity index (χ1) is 33.2. The molecule has 10 N–H and O–H groups in total. The Hall–Kier alpha value is -7.36. The number of esters is 1. The highest BCUT2D eigenvalue weighted by Crippen LogP contribution is 2.22. The maximum absolute atomic E-state index is 14.7. The van der Waals surface area contributed by atoms with Gasteiger partial charge in [-0.15, -0.1) is 0 Å². The molecule has 0 aliphatic carbocycles. The highest BCUT2D eigenvalue weighted by atomic mass is 16.5. The number of phenolic OH excluding ortho intramolecular Hbond substituents is 1. The first-order valence-electron chi connectivity index (χ1n) is 23.1. The Labute approximate surface area is 405 Å². The fraction of sp³-hybridized carbons (Fsp3) is 0.500. The number of amides is 9. The number of aliphatic hydroxyl groups is 1. The van der Waals surface area contributed by atoms with Crippen molar-refractivity contribution < 1.29 is 62.9 Å². The van der Waals surface area contributed by atoms with Crippen LogP contribution < -0.4 is 37.6 Å². The van der Waals surface area contributed by atoms with E-state index in [4.69, 9.17) is 10.5 Å². The molecule has 2 aliphatic rings. The Morgan fingerprint density at radius 1 is 0.871 bits per heavy atom. The molecule has 9 amide bonds. The van der Waals surface area contributed by atoms with Crippen LogP contribution in [0.1, 0.15) is 77.3 Å². The number of phenols is 1. The van der Waals surface area contributed by atoms with Crippen LogP contribution in [0, 0.1) is 0 Å². The molecule has 22 nitrogen and oxygen atoms in total. The molecule has 380 valence electrons. The van der Waals surface area contributed by atoms with Crippen molar-refractivity contribution in [3.05, 3.63) is 77.4 Å². The summed E-state index contributed by atoms with van der Waals surface area (Å²) in [6, 6.07) is 4.48. The van der Waals surface area contributed by atoms with E-state index in [9.17, 15) is 58.2 Å². The minimum Gasteiger partial charge on any atom is -0.508 e. The highest BCUT2D eigenvalue weighted by Gasteiger charge is 2.42. The van der Waals surface area contributed by atoms with Gasteiger partial charge in [-0.3, -0.25) is 43.2 Å². The molecular weight excluding hydrogens is 911 g/mol. The second-order valence-corrected chi connectivity index (χ2v) is 17.3. The van der Waals surface area contributed by atoms with Crippen molar-refractivity contribution >= 4 is 59.1 Å². The van der Waals surface area contributed by atoms with Crippen molar-refractivity contribution in [1.29, 1.82) is 0 Å². The van der Waals surface area contributed by atoms with Crippen molar-refractivity contribution in [3.63, 3.8) is 0 Å². The van der Waals surface area contributed by atoms with Gasteiger partial charge in [0.1, 0.15) is 54.1 Å². The zero-order valence-electron chi connectivity index (χ0n) is 40.0. The van der Waals surface area contributed by atoms with Gasteiger partial charge in [0, 0.05) is 51.4 Å². The van der Waals surface area contributed by atoms with Gasteiger partial charge in [0.05, 0.1) is 6.61 Å². The summed E-state index contributed by atoms with van der Waals surface area (Å²) in [6.07, 6.45) is -1.22. The van der Waals surface area contributed by atoms with Crippen LogP contribution in [0.4, 0.5) is 0 Å². The van der Waals surface area contributed by atoms with E-state index >= 15 is 0 Å². The average Bonchev–Trinajstić information content (AvgIpc) is 3.84. The number of likely N-dealkylation sites (N-methyl/N-ethyl adjacent to an activating group) is 1. The summed E-state index contributed by atoms with van der Waals surface area (Å²) in [4.78, 5) is 141. The van der Waals surface area contributed by atoms with Gasteiger partial charge >= 0.3 is 5.97 Å². The Morgan fingerprint density at radius 2 is 1.53 bits per heavy atom. The third-order valence-electron chi connectivity index (χ3n) is 12.1. The van der Waals surface area contributed by atoms with Gasteiger partial charge in [-0.2, -0.15) is 0 Å². The van der Waals surface area contributed by atoms with E-state index < -0.39 is 108 Å². The summed E-state index contributed by atoms with van der Waals surface area (Å²) in [5.74, 6) is -8.40. The number of carbonyl (C=O) groups is 10. The van der Waals surface area contributed by atoms with E-state index in [0.717, 1.165) is 4.90 Å². The largest absolute Gasteiger partial charge is 0.508 e. The molecule has 4 rings (SSSR count). The second-order valence-electron chi connectivity index (χ2n) is 17.3. The molecule has 2 aromatic rings. The number of cyclic esters (lactones) is 1. The number of hydrogen-bond acceptors (Lipinski definition) is 13. The first-order valence-corrected chi connectivity index (χ1v) is 23.1. The lowest BCUT2D eigenvalue weighted by molar-refractivity contribution is -0.156. The molecule has 8 atom stereocenters. The van der Waals surface area contributed by atoms with Crippen molar-refractivity contribution in [1.82, 2.24) is 41.7 Å². The molecule has 2 aliphatic heterocycles. The van der Waals surface area contributed by atoms with Crippen LogP contribution in [-0.4, -0.2) is 154 Å². The Bertz CT molecular complexity index is 2260. The van der Waals surface area contributed by atoms with Gasteiger partial charge in [0.15, 0.2) is 0 Å². The Balaban J connectivity index is 1.83. The fourth-order valence-corrected chi connectivity index (χ4v) is 7.89. The summed E-state index contributed by atoms with van der Waals surface area (Å²) in [5, 5.41) is 34.7. The lowest BCUT2D eigenvalue weighted by Gasteiger charge is -2.33. The summed E-state index contributed by atoms with van der Waals surface area (Å²) >= 11 is 0. The summed E-state index contributed by atoms with van der Waals surface area (Å²) < 4.78 is 5.72. The van der Waals surface area contributed by atoms with E-state index in [1.807, 2.05) is 0 Å². The number of nitrogens with one attached hydrogen (secondary N) is 6. The molecule has 2 heterocycles. The molecule has 70 heavy (non-hydrogen) atoms. The van der Waals surface area contributed by atoms with Crippen LogP contribution in [0.2, 0.25) is 0 Å². The molecule has 0 bridgehead atoms. The SMILES string of the molecule is CC=C(C)C(=O)NC(CCC(N)=O)C(=O)NC1C(=O)NC(CCC(=O)NCCO)C(=O)N2CCCC2C(=O)NC(Cc2ccccc2)C(=O)N(C)C(Cc2ccc(O)cc2)C(=O)NC(C)C(=O)OC1C. The quantitative estimate of drug-likeness (QED) is 0.0685. The maximum atomic E-state index is 14.7. The van der Waals surface area contributed by atoms with E-state index in [0.29, 0.717) is 17.5 Å². The summed E-state index contributed by atoms with van der Waals surface area (Å²) in [5.41, 5.74) is 6.75. The normalized spacial score (nSPS) is 23.5. The van der Waals surface area contributed by atoms with Crippen LogP contribution in [0.3, 0.4) is 0 Å². The third kappa shape index (κ3) is 15.9. The zero-order chi connectivity index (χ0) is 51.7. The van der Waals surface area contributed by atoms with Crippen LogP contribution in [0.15, 0.2) is 66.2 Å². The highest BCUT2D eigenvalue weighted by molar-refractivity contribution is 6.00. The van der Waals surface area contributed by atoms with E-state index in [2.05, 4.69) is 31.9 Å². The maximum Gasteiger partial charge on any atom is 0.328 e. The van der Waals surface area contributed by atoms with Gasteiger partial charge in [-0.05, 0) is 76.6 Å². The van der Waals surface area contributed by atoms with E-state index in [1.165, 1.54) is 50.9 Å². The topological polar surface area (TPSA) is 325 Å². The minimum atomic E-state index is -1.85. The van der Waals surface area contributed by atoms with Crippen molar-refractivity contribution in [2.24, 2.45) is 5.73 Å². The number of hydrogen-bond donors (Lipinski definition) is 9. The second kappa shape index (κ2) is 26.4. The van der Waals surface area contributed by atoms with E-state index in [-0.39, 0.29) is 76.0 Å². The zero-order valence-corrected chi connectivity index (χ0v) is 40.0. The minimum absolute atomic E-state index is 0.0189. The molecule has 0 spiro atoms. The number of ether oxygens (including phenoxy) is 1. The van der Waals surface area contributed by atoms with Gasteiger partial charge in [0.2, 0.25) is 53.2 Å². The van der Waals surface area contributed by atoms with Crippen molar-refractivity contribution in [3.8, 4) is 5.75 Å². The van der Waals surface area contributed by atoms with E-state index in [1.54, 1.807) is 49.4 Å². The first kappa shape index (κ1) is 55.2. The molecule has 0 saturated carbocycles. The number of primary amides is 1. The lowest BCUT2D eigenvalue weighted by Crippen LogP contribution is -2.61. The predicted molar refractivity (Wildman–Crippen MR) is 251 cm³/mol. The van der Waals surface area contributed by atoms with Crippen molar-refractivity contribution in [2.45, 2.75) is 127 Å². The number of fused-ring (bicyclic) bond motifs is 1. The molecule has 2 saturated heterocycles. The molecule has 2 fully saturated rings. The number of nitrogens with zero attached hydrogens (tertiary/aromatic N) is 2. The summed E-state index contributed by atoms with van der Waals surface area (Å²) in [6.45, 7) is 5.12. The number of nitrogens with two attached hydrogens (primary N) is 1. The molecule has 8 unspecified atom stereocenters. The summed E-state index contributed by atoms with van der Waals surface area (Å²) in [7, 11) is 1.36. The van der Waals surface area contributed by atoms with Crippen LogP contribution in [-0.2, 0) is 65.5 Å². The number of carbonyl (C=O) groups excluding carboxylic acids is 10. The predicted octanol–water partition coefficient (Wildman–Crippen LogP) is -1.49. The Kier molecular flexibility index (Phi) is 20.8. The molecule has 2 aromatic carbocycles. The van der Waals surface area contributed by atoms with Gasteiger partial charge < -0.3 is 62.4 Å². The number of allylic oxidation sites excluding steroid dienone is 1. The van der Waals surface area contributed by atoms with Gasteiger partial charge in [-0.1, -0.05) is 48.5 Å². The fourth-order valence-electron chi connectivity index (χ4n) is 7.89. The molecular formula is C48H65N9O13. The van der Waals surface area contributed by atoms with Crippen LogP contribution in [0.5, 0.6) is 5.75 Å². The van der Waals surface area contributed by atoms with Gasteiger partial charge in [-0.25, -0.2) is 4.79 Å². The molecule has 22 heteroatoms. The smallest absolute Gasteiger partial charge is 0.328 e. The van der Waals surface area contributed by atoms with Crippen LogP contribution >= 0.6 is 0 Å². The molecule has 0 aromatic heterocycles. The number of benzene rings is 2.